The Balaban J connectivity index is 2.87. The Kier molecular flexibility index (Phi) is 6.13. The van der Waals surface area contributed by atoms with Crippen molar-refractivity contribution < 1.29 is 18.7 Å². The fourth-order valence-corrected chi connectivity index (χ4v) is 2.27. The van der Waals surface area contributed by atoms with Crippen LogP contribution < -0.4 is 5.32 Å². The molecular weight excluding hydrogens is 329 g/mol. The number of halogens is 2. The van der Waals surface area contributed by atoms with E-state index in [9.17, 15) is 14.0 Å². The monoisotopic (exact) mass is 345 g/mol. The number of methoxy groups -OCH3 is 1. The Labute approximate surface area is 125 Å². The molecule has 0 aromatic heterocycles. The Morgan fingerprint density at radius 2 is 2.05 bits per heavy atom. The van der Waals surface area contributed by atoms with Crippen molar-refractivity contribution in [1.29, 1.82) is 0 Å². The molecule has 1 unspecified atom stereocenters. The summed E-state index contributed by atoms with van der Waals surface area (Å²) in [7, 11) is 1.27. The number of amides is 1. The molecule has 0 aliphatic heterocycles. The summed E-state index contributed by atoms with van der Waals surface area (Å²) in [5.41, 5.74) is 0.268. The van der Waals surface area contributed by atoms with E-state index in [0.717, 1.165) is 0 Å². The van der Waals surface area contributed by atoms with Gasteiger partial charge in [-0.25, -0.2) is 9.18 Å². The first-order chi connectivity index (χ1) is 9.35. The molecule has 6 heteroatoms. The van der Waals surface area contributed by atoms with E-state index in [4.69, 9.17) is 0 Å². The highest BCUT2D eigenvalue weighted by Gasteiger charge is 2.24. The molecule has 4 nitrogen and oxygen atoms in total. The third-order valence-electron chi connectivity index (χ3n) is 2.67. The molecule has 1 atom stereocenters. The molecule has 0 aliphatic carbocycles. The van der Waals surface area contributed by atoms with Gasteiger partial charge in [-0.2, -0.15) is 0 Å². The summed E-state index contributed by atoms with van der Waals surface area (Å²) in [5, 5.41) is 2.61. The summed E-state index contributed by atoms with van der Waals surface area (Å²) < 4.78 is 18.0. The third kappa shape index (κ3) is 4.59. The Morgan fingerprint density at radius 1 is 1.40 bits per heavy atom. The molecule has 1 rings (SSSR count). The molecule has 0 saturated heterocycles. The summed E-state index contributed by atoms with van der Waals surface area (Å²) in [5.74, 6) is -1.17. The van der Waals surface area contributed by atoms with Gasteiger partial charge >= 0.3 is 5.97 Å². The highest BCUT2D eigenvalue weighted by Crippen LogP contribution is 2.18. The molecule has 0 radical (unpaired) electrons. The first-order valence-electron chi connectivity index (χ1n) is 6.19. The second-order valence-electron chi connectivity index (χ2n) is 4.80. The van der Waals surface area contributed by atoms with Crippen LogP contribution in [0.15, 0.2) is 22.7 Å². The van der Waals surface area contributed by atoms with Crippen molar-refractivity contribution in [2.24, 2.45) is 5.92 Å². The van der Waals surface area contributed by atoms with Crippen molar-refractivity contribution in [1.82, 2.24) is 5.32 Å². The van der Waals surface area contributed by atoms with Crippen molar-refractivity contribution in [3.05, 3.63) is 34.1 Å². The molecule has 110 valence electrons. The average molecular weight is 346 g/mol. The molecule has 20 heavy (non-hydrogen) atoms. The van der Waals surface area contributed by atoms with Crippen LogP contribution in [0.5, 0.6) is 0 Å². The van der Waals surface area contributed by atoms with Gasteiger partial charge in [0.15, 0.2) is 0 Å². The standard InChI is InChI=1S/C14H17BrFNO3/c1-8(2)6-12(14(19)20-3)17-13(18)10-5-4-9(16)7-11(10)15/h4-5,7-8,12H,6H2,1-3H3,(H,17,18). The van der Waals surface area contributed by atoms with Crippen LogP contribution in [-0.4, -0.2) is 25.0 Å². The summed E-state index contributed by atoms with van der Waals surface area (Å²) in [6.45, 7) is 3.88. The van der Waals surface area contributed by atoms with Crippen LogP contribution in [-0.2, 0) is 9.53 Å². The highest BCUT2D eigenvalue weighted by atomic mass is 79.9. The normalized spacial score (nSPS) is 12.1. The van der Waals surface area contributed by atoms with Gasteiger partial charge in [-0.15, -0.1) is 0 Å². The molecule has 0 bridgehead atoms. The minimum absolute atomic E-state index is 0.219. The number of hydrogen-bond donors (Lipinski definition) is 1. The molecule has 0 heterocycles. The van der Waals surface area contributed by atoms with Crippen LogP contribution in [0.25, 0.3) is 0 Å². The van der Waals surface area contributed by atoms with Gasteiger partial charge in [0.1, 0.15) is 11.9 Å². The maximum absolute atomic E-state index is 13.0. The molecule has 0 saturated carbocycles. The molecule has 0 fully saturated rings. The van der Waals surface area contributed by atoms with E-state index < -0.39 is 23.7 Å². The zero-order valence-corrected chi connectivity index (χ0v) is 13.2. The molecule has 1 aromatic rings. The quantitative estimate of drug-likeness (QED) is 0.834. The lowest BCUT2D eigenvalue weighted by molar-refractivity contribution is -0.143. The van der Waals surface area contributed by atoms with Crippen molar-refractivity contribution in [3.63, 3.8) is 0 Å². The van der Waals surface area contributed by atoms with Gasteiger partial charge in [0.05, 0.1) is 12.7 Å². The largest absolute Gasteiger partial charge is 0.467 e. The number of esters is 1. The number of nitrogens with one attached hydrogen (secondary N) is 1. The number of carbonyl (C=O) groups excluding carboxylic acids is 2. The lowest BCUT2D eigenvalue weighted by Gasteiger charge is -2.18. The van der Waals surface area contributed by atoms with E-state index in [2.05, 4.69) is 26.0 Å². The number of ether oxygens (including phenoxy) is 1. The van der Waals surface area contributed by atoms with Crippen molar-refractivity contribution in [3.8, 4) is 0 Å². The van der Waals surface area contributed by atoms with E-state index >= 15 is 0 Å². The molecule has 1 amide bonds. The molecule has 0 spiro atoms. The zero-order valence-electron chi connectivity index (χ0n) is 11.6. The van der Waals surface area contributed by atoms with Crippen molar-refractivity contribution in [2.75, 3.05) is 7.11 Å². The lowest BCUT2D eigenvalue weighted by Crippen LogP contribution is -2.42. The summed E-state index contributed by atoms with van der Waals surface area (Å²) in [6, 6.07) is 3.03. The molecular formula is C14H17BrFNO3. The summed E-state index contributed by atoms with van der Waals surface area (Å²) in [4.78, 5) is 23.8. The van der Waals surface area contributed by atoms with Crippen LogP contribution in [0.1, 0.15) is 30.6 Å². The van der Waals surface area contributed by atoms with E-state index in [1.54, 1.807) is 0 Å². The van der Waals surface area contributed by atoms with Gasteiger partial charge < -0.3 is 10.1 Å². The van der Waals surface area contributed by atoms with E-state index in [1.165, 1.54) is 25.3 Å². The number of benzene rings is 1. The number of rotatable bonds is 5. The zero-order chi connectivity index (χ0) is 15.3. The number of carbonyl (C=O) groups is 2. The second kappa shape index (κ2) is 7.38. The maximum Gasteiger partial charge on any atom is 0.328 e. The van der Waals surface area contributed by atoms with E-state index in [1.807, 2.05) is 13.8 Å². The third-order valence-corrected chi connectivity index (χ3v) is 3.33. The second-order valence-corrected chi connectivity index (χ2v) is 5.66. The van der Waals surface area contributed by atoms with Crippen LogP contribution in [0.4, 0.5) is 4.39 Å². The number of hydrogen-bond acceptors (Lipinski definition) is 3. The van der Waals surface area contributed by atoms with Crippen LogP contribution >= 0.6 is 15.9 Å². The predicted octanol–water partition coefficient (Wildman–Crippen LogP) is 2.91. The predicted molar refractivity (Wildman–Crippen MR) is 76.8 cm³/mol. The highest BCUT2D eigenvalue weighted by molar-refractivity contribution is 9.10. The van der Waals surface area contributed by atoms with Gasteiger partial charge in [0, 0.05) is 4.47 Å². The molecule has 0 aliphatic rings. The van der Waals surface area contributed by atoms with Gasteiger partial charge in [0.2, 0.25) is 0 Å². The van der Waals surface area contributed by atoms with Crippen LogP contribution in [0.3, 0.4) is 0 Å². The van der Waals surface area contributed by atoms with Gasteiger partial charge in [0.25, 0.3) is 5.91 Å². The maximum atomic E-state index is 13.0. The first-order valence-corrected chi connectivity index (χ1v) is 6.98. The smallest absolute Gasteiger partial charge is 0.328 e. The fourth-order valence-electron chi connectivity index (χ4n) is 1.74. The summed E-state index contributed by atoms with van der Waals surface area (Å²) >= 11 is 3.13. The van der Waals surface area contributed by atoms with Gasteiger partial charge in [-0.3, -0.25) is 4.79 Å². The Bertz CT molecular complexity index is 505. The molecule has 1 N–H and O–H groups in total. The minimum atomic E-state index is -0.718. The molecule has 1 aromatic carbocycles. The van der Waals surface area contributed by atoms with Crippen molar-refractivity contribution in [2.45, 2.75) is 26.3 Å². The lowest BCUT2D eigenvalue weighted by atomic mass is 10.0. The van der Waals surface area contributed by atoms with Gasteiger partial charge in [-0.1, -0.05) is 13.8 Å². The first kappa shape index (κ1) is 16.6. The summed E-state index contributed by atoms with van der Waals surface area (Å²) in [6.07, 6.45) is 0.469. The Hall–Kier alpha value is -1.43. The Morgan fingerprint density at radius 3 is 2.55 bits per heavy atom. The van der Waals surface area contributed by atoms with Gasteiger partial charge in [-0.05, 0) is 46.5 Å². The SMILES string of the molecule is COC(=O)C(CC(C)C)NC(=O)c1ccc(F)cc1Br. The van der Waals surface area contributed by atoms with Crippen LogP contribution in [0.2, 0.25) is 0 Å². The van der Waals surface area contributed by atoms with E-state index in [0.29, 0.717) is 10.9 Å². The average Bonchev–Trinajstić information content (AvgIpc) is 2.36. The minimum Gasteiger partial charge on any atom is -0.467 e. The van der Waals surface area contributed by atoms with Crippen molar-refractivity contribution >= 4 is 27.8 Å². The van der Waals surface area contributed by atoms with Crippen LogP contribution in [0, 0.1) is 11.7 Å². The topological polar surface area (TPSA) is 55.4 Å². The van der Waals surface area contributed by atoms with E-state index in [-0.39, 0.29) is 11.5 Å². The fraction of sp³-hybridized carbons (Fsp3) is 0.429.